The summed E-state index contributed by atoms with van der Waals surface area (Å²) in [5.41, 5.74) is 0. The van der Waals surface area contributed by atoms with E-state index in [1.54, 1.807) is 7.11 Å². The van der Waals surface area contributed by atoms with Crippen molar-refractivity contribution >= 4 is 0 Å². The Labute approximate surface area is 48.5 Å². The maximum absolute atomic E-state index is 4.98. The molecule has 1 rings (SSSR count). The third kappa shape index (κ3) is 1.43. The van der Waals surface area contributed by atoms with Gasteiger partial charge in [-0.25, -0.2) is 0 Å². The van der Waals surface area contributed by atoms with Crippen LogP contribution in [0.5, 0.6) is 0 Å². The smallest absolute Gasteiger partial charge is 0.162 e. The number of ether oxygens (including phenoxy) is 3. The molecule has 1 aliphatic rings. The first-order valence-electron chi connectivity index (χ1n) is 2.65. The molecule has 0 aromatic carbocycles. The molecule has 0 aromatic rings. The van der Waals surface area contributed by atoms with Crippen LogP contribution in [0.3, 0.4) is 0 Å². The highest BCUT2D eigenvalue weighted by Crippen LogP contribution is 2.04. The summed E-state index contributed by atoms with van der Waals surface area (Å²) in [6, 6.07) is 0. The van der Waals surface area contributed by atoms with E-state index in [0.717, 1.165) is 13.0 Å². The summed E-state index contributed by atoms with van der Waals surface area (Å²) in [7, 11) is 1.63. The van der Waals surface area contributed by atoms with Crippen LogP contribution in [0.1, 0.15) is 6.42 Å². The van der Waals surface area contributed by atoms with E-state index in [1.807, 2.05) is 0 Å². The highest BCUT2D eigenvalue weighted by Gasteiger charge is 2.11. The maximum atomic E-state index is 4.98. The second kappa shape index (κ2) is 3.02. The van der Waals surface area contributed by atoms with Gasteiger partial charge in [-0.05, 0) is 0 Å². The first kappa shape index (κ1) is 6.01. The average Bonchev–Trinajstić information content (AvgIpc) is 1.90. The first-order valence-corrected chi connectivity index (χ1v) is 2.65. The van der Waals surface area contributed by atoms with Gasteiger partial charge in [0.05, 0.1) is 6.61 Å². The zero-order valence-electron chi connectivity index (χ0n) is 4.92. The fourth-order valence-corrected chi connectivity index (χ4v) is 0.632. The van der Waals surface area contributed by atoms with Crippen LogP contribution in [0.4, 0.5) is 0 Å². The molecule has 0 aromatic heterocycles. The van der Waals surface area contributed by atoms with Crippen LogP contribution in [0.15, 0.2) is 0 Å². The highest BCUT2D eigenvalue weighted by molar-refractivity contribution is 4.44. The monoisotopic (exact) mass is 118 g/mol. The van der Waals surface area contributed by atoms with Crippen LogP contribution in [0, 0.1) is 0 Å². The van der Waals surface area contributed by atoms with E-state index in [4.69, 9.17) is 14.2 Å². The van der Waals surface area contributed by atoms with Crippen molar-refractivity contribution < 1.29 is 14.2 Å². The largest absolute Gasteiger partial charge is 0.356 e. The van der Waals surface area contributed by atoms with Crippen LogP contribution >= 0.6 is 0 Å². The third-order valence-electron chi connectivity index (χ3n) is 1.10. The van der Waals surface area contributed by atoms with E-state index in [-0.39, 0.29) is 6.29 Å². The lowest BCUT2D eigenvalue weighted by Crippen LogP contribution is -2.24. The predicted molar refractivity (Wildman–Crippen MR) is 27.3 cm³/mol. The van der Waals surface area contributed by atoms with Gasteiger partial charge in [-0.2, -0.15) is 0 Å². The molecule has 0 amide bonds. The molecule has 1 atom stereocenters. The Balaban J connectivity index is 2.13. The average molecular weight is 118 g/mol. The van der Waals surface area contributed by atoms with Crippen molar-refractivity contribution in [1.82, 2.24) is 0 Å². The maximum Gasteiger partial charge on any atom is 0.162 e. The Hall–Kier alpha value is -0.120. The first-order chi connectivity index (χ1) is 3.93. The molecule has 0 radical (unpaired) electrons. The molecule has 3 nitrogen and oxygen atoms in total. The normalized spacial score (nSPS) is 30.4. The minimum atomic E-state index is -0.0382. The molecule has 1 fully saturated rings. The molecule has 1 aliphatic heterocycles. The SMILES string of the molecule is COC1CCOCO1. The van der Waals surface area contributed by atoms with Gasteiger partial charge in [0.25, 0.3) is 0 Å². The van der Waals surface area contributed by atoms with Crippen molar-refractivity contribution in [2.24, 2.45) is 0 Å². The van der Waals surface area contributed by atoms with Crippen LogP contribution in [0.25, 0.3) is 0 Å². The summed E-state index contributed by atoms with van der Waals surface area (Å²) in [6.45, 7) is 1.12. The van der Waals surface area contributed by atoms with E-state index in [0.29, 0.717) is 6.79 Å². The number of rotatable bonds is 1. The molecule has 0 saturated carbocycles. The van der Waals surface area contributed by atoms with Crippen LogP contribution in [0.2, 0.25) is 0 Å². The standard InChI is InChI=1S/C5H10O3/c1-6-5-2-3-7-4-8-5/h5H,2-4H2,1H3. The summed E-state index contributed by atoms with van der Waals surface area (Å²) >= 11 is 0. The molecule has 48 valence electrons. The fourth-order valence-electron chi connectivity index (χ4n) is 0.632. The zero-order chi connectivity index (χ0) is 5.82. The molecular weight excluding hydrogens is 108 g/mol. The number of hydrogen-bond donors (Lipinski definition) is 0. The van der Waals surface area contributed by atoms with Gasteiger partial charge in [-0.15, -0.1) is 0 Å². The second-order valence-electron chi connectivity index (χ2n) is 1.65. The molecule has 0 spiro atoms. The van der Waals surface area contributed by atoms with Crippen LogP contribution < -0.4 is 0 Å². The molecule has 0 N–H and O–H groups in total. The molecule has 1 heterocycles. The summed E-state index contributed by atoms with van der Waals surface area (Å²) in [5.74, 6) is 0. The molecule has 3 heteroatoms. The zero-order valence-corrected chi connectivity index (χ0v) is 4.92. The summed E-state index contributed by atoms with van der Waals surface area (Å²) in [4.78, 5) is 0. The minimum Gasteiger partial charge on any atom is -0.356 e. The van der Waals surface area contributed by atoms with Crippen molar-refractivity contribution in [3.63, 3.8) is 0 Å². The van der Waals surface area contributed by atoms with E-state index in [1.165, 1.54) is 0 Å². The van der Waals surface area contributed by atoms with Crippen molar-refractivity contribution in [3.8, 4) is 0 Å². The van der Waals surface area contributed by atoms with Gasteiger partial charge in [0.2, 0.25) is 0 Å². The van der Waals surface area contributed by atoms with E-state index in [9.17, 15) is 0 Å². The van der Waals surface area contributed by atoms with Crippen molar-refractivity contribution in [2.45, 2.75) is 12.7 Å². The van der Waals surface area contributed by atoms with E-state index >= 15 is 0 Å². The lowest BCUT2D eigenvalue weighted by molar-refractivity contribution is -0.225. The summed E-state index contributed by atoms with van der Waals surface area (Å²) in [5, 5.41) is 0. The van der Waals surface area contributed by atoms with Crippen LogP contribution in [-0.4, -0.2) is 26.8 Å². The van der Waals surface area contributed by atoms with Gasteiger partial charge in [0, 0.05) is 13.5 Å². The Bertz CT molecular complexity index is 58.7. The van der Waals surface area contributed by atoms with Crippen molar-refractivity contribution in [1.29, 1.82) is 0 Å². The second-order valence-corrected chi connectivity index (χ2v) is 1.65. The topological polar surface area (TPSA) is 27.7 Å². The summed E-state index contributed by atoms with van der Waals surface area (Å²) in [6.07, 6.45) is 0.806. The summed E-state index contributed by atoms with van der Waals surface area (Å²) < 4.78 is 14.8. The Morgan fingerprint density at radius 2 is 2.50 bits per heavy atom. The van der Waals surface area contributed by atoms with E-state index in [2.05, 4.69) is 0 Å². The predicted octanol–water partition coefficient (Wildman–Crippen LogP) is 0.353. The molecular formula is C5H10O3. The fraction of sp³-hybridized carbons (Fsp3) is 1.00. The molecule has 1 unspecified atom stereocenters. The van der Waals surface area contributed by atoms with Gasteiger partial charge < -0.3 is 14.2 Å². The number of hydrogen-bond acceptors (Lipinski definition) is 3. The quantitative estimate of drug-likeness (QED) is 0.497. The van der Waals surface area contributed by atoms with E-state index < -0.39 is 0 Å². The number of methoxy groups -OCH3 is 1. The molecule has 8 heavy (non-hydrogen) atoms. The lowest BCUT2D eigenvalue weighted by atomic mass is 10.4. The minimum absolute atomic E-state index is 0.0382. The highest BCUT2D eigenvalue weighted by atomic mass is 16.8. The molecule has 1 saturated heterocycles. The van der Waals surface area contributed by atoms with Crippen LogP contribution in [-0.2, 0) is 14.2 Å². The van der Waals surface area contributed by atoms with Gasteiger partial charge in [0.1, 0.15) is 6.79 Å². The molecule has 0 aliphatic carbocycles. The van der Waals surface area contributed by atoms with Gasteiger partial charge in [-0.3, -0.25) is 0 Å². The third-order valence-corrected chi connectivity index (χ3v) is 1.10. The Kier molecular flexibility index (Phi) is 2.27. The van der Waals surface area contributed by atoms with Crippen molar-refractivity contribution in [2.75, 3.05) is 20.5 Å². The molecule has 0 bridgehead atoms. The van der Waals surface area contributed by atoms with Gasteiger partial charge in [-0.1, -0.05) is 0 Å². The van der Waals surface area contributed by atoms with Crippen molar-refractivity contribution in [3.05, 3.63) is 0 Å². The lowest BCUT2D eigenvalue weighted by Gasteiger charge is -2.20. The Morgan fingerprint density at radius 1 is 1.62 bits per heavy atom. The Morgan fingerprint density at radius 3 is 2.88 bits per heavy atom. The van der Waals surface area contributed by atoms with Gasteiger partial charge in [0.15, 0.2) is 6.29 Å². The van der Waals surface area contributed by atoms with Gasteiger partial charge >= 0.3 is 0 Å².